The summed E-state index contributed by atoms with van der Waals surface area (Å²) in [6.45, 7) is 9.11. The molecule has 1 amide bonds. The van der Waals surface area contributed by atoms with E-state index in [1.165, 1.54) is 0 Å². The highest BCUT2D eigenvalue weighted by molar-refractivity contribution is 7.99. The molecule has 2 aliphatic rings. The van der Waals surface area contributed by atoms with Crippen LogP contribution in [0.1, 0.15) is 21.9 Å². The molecule has 27 heavy (non-hydrogen) atoms. The van der Waals surface area contributed by atoms with Crippen molar-refractivity contribution in [2.75, 3.05) is 62.7 Å². The standard InChI is InChI=1S/C19H26N6OS/c1-13-12-14(2)20-16-15(13)18(24-8-10-27-11-9-24)22-17(21-16)19(26)25-6-4-23(3)5-7-25/h12H,4-11H2,1-3H3. The van der Waals surface area contributed by atoms with Crippen molar-refractivity contribution in [1.29, 1.82) is 0 Å². The Hall–Kier alpha value is -1.93. The van der Waals surface area contributed by atoms with Gasteiger partial charge in [-0.3, -0.25) is 4.79 Å². The Bertz CT molecular complexity index is 859. The van der Waals surface area contributed by atoms with Gasteiger partial charge >= 0.3 is 0 Å². The number of piperazine rings is 1. The zero-order valence-electron chi connectivity index (χ0n) is 16.2. The van der Waals surface area contributed by atoms with Gasteiger partial charge in [0.2, 0.25) is 5.82 Å². The second-order valence-electron chi connectivity index (χ2n) is 7.34. The van der Waals surface area contributed by atoms with Gasteiger partial charge in [0.25, 0.3) is 5.91 Å². The fourth-order valence-electron chi connectivity index (χ4n) is 3.71. The highest BCUT2D eigenvalue weighted by Crippen LogP contribution is 2.29. The van der Waals surface area contributed by atoms with E-state index in [0.717, 1.165) is 60.1 Å². The third-order valence-electron chi connectivity index (χ3n) is 5.27. The number of aryl methyl sites for hydroxylation is 2. The predicted molar refractivity (Wildman–Crippen MR) is 110 cm³/mol. The molecule has 4 rings (SSSR count). The van der Waals surface area contributed by atoms with Gasteiger partial charge in [-0.2, -0.15) is 11.8 Å². The summed E-state index contributed by atoms with van der Waals surface area (Å²) in [4.78, 5) is 33.5. The van der Waals surface area contributed by atoms with Crippen LogP contribution in [0.25, 0.3) is 11.0 Å². The largest absolute Gasteiger partial charge is 0.354 e. The van der Waals surface area contributed by atoms with Gasteiger partial charge in [0.15, 0.2) is 5.65 Å². The molecule has 2 aromatic rings. The van der Waals surface area contributed by atoms with Crippen LogP contribution in [0.15, 0.2) is 6.07 Å². The van der Waals surface area contributed by atoms with Crippen LogP contribution in [0.3, 0.4) is 0 Å². The van der Waals surface area contributed by atoms with Gasteiger partial charge in [0, 0.05) is 56.5 Å². The smallest absolute Gasteiger partial charge is 0.291 e. The number of pyridine rings is 1. The van der Waals surface area contributed by atoms with Crippen molar-refractivity contribution < 1.29 is 4.79 Å². The van der Waals surface area contributed by atoms with Gasteiger partial charge in [-0.1, -0.05) is 0 Å². The summed E-state index contributed by atoms with van der Waals surface area (Å²) in [5.41, 5.74) is 2.66. The summed E-state index contributed by atoms with van der Waals surface area (Å²) in [5, 5.41) is 0.974. The lowest BCUT2D eigenvalue weighted by Crippen LogP contribution is -2.47. The second-order valence-corrected chi connectivity index (χ2v) is 8.57. The summed E-state index contributed by atoms with van der Waals surface area (Å²) >= 11 is 1.96. The molecule has 0 N–H and O–H groups in total. The first-order valence-electron chi connectivity index (χ1n) is 9.49. The number of carbonyl (C=O) groups excluding carboxylic acids is 1. The SMILES string of the molecule is Cc1cc(C)c2c(N3CCSCC3)nc(C(=O)N3CCN(C)CC3)nc2n1. The molecule has 8 heteroatoms. The maximum Gasteiger partial charge on any atom is 0.291 e. The highest BCUT2D eigenvalue weighted by atomic mass is 32.2. The molecule has 2 aromatic heterocycles. The Morgan fingerprint density at radius 1 is 1.00 bits per heavy atom. The van der Waals surface area contributed by atoms with E-state index in [4.69, 9.17) is 4.98 Å². The number of carbonyl (C=O) groups is 1. The molecule has 2 fully saturated rings. The van der Waals surface area contributed by atoms with Gasteiger partial charge in [0.05, 0.1) is 5.39 Å². The summed E-state index contributed by atoms with van der Waals surface area (Å²) < 4.78 is 0. The third kappa shape index (κ3) is 3.73. The maximum atomic E-state index is 13.1. The predicted octanol–water partition coefficient (Wildman–Crippen LogP) is 1.58. The van der Waals surface area contributed by atoms with E-state index < -0.39 is 0 Å². The molecule has 0 unspecified atom stereocenters. The first-order valence-corrected chi connectivity index (χ1v) is 10.6. The van der Waals surface area contributed by atoms with E-state index in [1.54, 1.807) is 0 Å². The van der Waals surface area contributed by atoms with Crippen molar-refractivity contribution in [1.82, 2.24) is 24.8 Å². The lowest BCUT2D eigenvalue weighted by Gasteiger charge is -2.32. The van der Waals surface area contributed by atoms with Crippen LogP contribution >= 0.6 is 11.8 Å². The molecule has 0 radical (unpaired) electrons. The molecule has 2 aliphatic heterocycles. The van der Waals surface area contributed by atoms with Crippen molar-refractivity contribution in [3.63, 3.8) is 0 Å². The van der Waals surface area contributed by atoms with Crippen LogP contribution in [0.5, 0.6) is 0 Å². The average Bonchev–Trinajstić information content (AvgIpc) is 2.67. The van der Waals surface area contributed by atoms with Crippen LogP contribution in [-0.2, 0) is 0 Å². The number of thioether (sulfide) groups is 1. The maximum absolute atomic E-state index is 13.1. The molecule has 0 saturated carbocycles. The van der Waals surface area contributed by atoms with Crippen molar-refractivity contribution in [2.45, 2.75) is 13.8 Å². The van der Waals surface area contributed by atoms with Crippen molar-refractivity contribution in [3.8, 4) is 0 Å². The molecule has 0 spiro atoms. The number of rotatable bonds is 2. The Labute approximate surface area is 164 Å². The van der Waals surface area contributed by atoms with E-state index >= 15 is 0 Å². The zero-order chi connectivity index (χ0) is 19.0. The molecule has 7 nitrogen and oxygen atoms in total. The number of aromatic nitrogens is 3. The molecule has 4 heterocycles. The Morgan fingerprint density at radius 2 is 1.70 bits per heavy atom. The fourth-order valence-corrected chi connectivity index (χ4v) is 4.61. The van der Waals surface area contributed by atoms with Gasteiger partial charge in [-0.15, -0.1) is 0 Å². The average molecular weight is 387 g/mol. The summed E-state index contributed by atoms with van der Waals surface area (Å²) in [6.07, 6.45) is 0. The quantitative estimate of drug-likeness (QED) is 0.776. The van der Waals surface area contributed by atoms with Crippen molar-refractivity contribution in [2.24, 2.45) is 0 Å². The number of likely N-dealkylation sites (N-methyl/N-ethyl adjacent to an activating group) is 1. The minimum atomic E-state index is -0.0846. The molecular formula is C19H26N6OS. The first-order chi connectivity index (χ1) is 13.0. The first kappa shape index (κ1) is 18.4. The highest BCUT2D eigenvalue weighted by Gasteiger charge is 2.26. The molecule has 0 bridgehead atoms. The van der Waals surface area contributed by atoms with E-state index in [0.29, 0.717) is 18.7 Å². The Kier molecular flexibility index (Phi) is 5.19. The molecule has 0 aromatic carbocycles. The Morgan fingerprint density at radius 3 is 2.41 bits per heavy atom. The number of hydrogen-bond acceptors (Lipinski definition) is 7. The van der Waals surface area contributed by atoms with Crippen LogP contribution < -0.4 is 4.90 Å². The van der Waals surface area contributed by atoms with Gasteiger partial charge in [0.1, 0.15) is 5.82 Å². The van der Waals surface area contributed by atoms with E-state index in [2.05, 4.69) is 39.8 Å². The third-order valence-corrected chi connectivity index (χ3v) is 6.21. The van der Waals surface area contributed by atoms with E-state index in [9.17, 15) is 4.79 Å². The molecule has 0 aliphatic carbocycles. The molecular weight excluding hydrogens is 360 g/mol. The van der Waals surface area contributed by atoms with Crippen LogP contribution in [0, 0.1) is 13.8 Å². The summed E-state index contributed by atoms with van der Waals surface area (Å²) in [7, 11) is 2.08. The van der Waals surface area contributed by atoms with E-state index in [-0.39, 0.29) is 11.7 Å². The summed E-state index contributed by atoms with van der Waals surface area (Å²) in [6, 6.07) is 2.07. The number of hydrogen-bond donors (Lipinski definition) is 0. The number of amides is 1. The van der Waals surface area contributed by atoms with Crippen LogP contribution in [0.2, 0.25) is 0 Å². The summed E-state index contributed by atoms with van der Waals surface area (Å²) in [5.74, 6) is 3.20. The second kappa shape index (κ2) is 7.59. The molecule has 144 valence electrons. The minimum Gasteiger partial charge on any atom is -0.354 e. The van der Waals surface area contributed by atoms with E-state index in [1.807, 2.05) is 23.6 Å². The molecule has 2 saturated heterocycles. The number of anilines is 1. The van der Waals surface area contributed by atoms with Crippen molar-refractivity contribution >= 4 is 34.5 Å². The topological polar surface area (TPSA) is 65.5 Å². The fraction of sp³-hybridized carbons (Fsp3) is 0.579. The minimum absolute atomic E-state index is 0.0846. The van der Waals surface area contributed by atoms with Gasteiger partial charge in [-0.05, 0) is 32.5 Å². The van der Waals surface area contributed by atoms with Crippen LogP contribution in [-0.4, -0.2) is 88.5 Å². The van der Waals surface area contributed by atoms with Crippen molar-refractivity contribution in [3.05, 3.63) is 23.1 Å². The number of fused-ring (bicyclic) bond motifs is 1. The van der Waals surface area contributed by atoms with Gasteiger partial charge in [-0.25, -0.2) is 15.0 Å². The lowest BCUT2D eigenvalue weighted by atomic mass is 10.1. The van der Waals surface area contributed by atoms with Crippen LogP contribution in [0.4, 0.5) is 5.82 Å². The monoisotopic (exact) mass is 386 g/mol. The number of nitrogens with zero attached hydrogens (tertiary/aromatic N) is 6. The normalized spacial score (nSPS) is 18.9. The van der Waals surface area contributed by atoms with Gasteiger partial charge < -0.3 is 14.7 Å². The zero-order valence-corrected chi connectivity index (χ0v) is 17.1. The lowest BCUT2D eigenvalue weighted by molar-refractivity contribution is 0.0652. The molecule has 0 atom stereocenters. The Balaban J connectivity index is 1.78.